The Morgan fingerprint density at radius 3 is 2.44 bits per heavy atom. The molecule has 0 aromatic heterocycles. The monoisotopic (exact) mass is 219 g/mol. The molecule has 16 heavy (non-hydrogen) atoms. The molecule has 2 rings (SSSR count). The van der Waals surface area contributed by atoms with Crippen LogP contribution < -0.4 is 4.90 Å². The molecule has 1 aliphatic rings. The average molecular weight is 219 g/mol. The average Bonchev–Trinajstić information content (AvgIpc) is 2.42. The van der Waals surface area contributed by atoms with Crippen molar-refractivity contribution in [3.63, 3.8) is 0 Å². The Labute approximate surface area is 96.2 Å². The van der Waals surface area contributed by atoms with E-state index in [1.807, 2.05) is 0 Å². The summed E-state index contributed by atoms with van der Waals surface area (Å²) in [6.45, 7) is 5.98. The predicted molar refractivity (Wildman–Crippen MR) is 62.3 cm³/mol. The Bertz CT molecular complexity index is 332. The molecule has 1 saturated heterocycles. The maximum atomic E-state index is 6.00. The van der Waals surface area contributed by atoms with Crippen LogP contribution in [0.15, 0.2) is 24.3 Å². The number of para-hydroxylation sites is 1. The van der Waals surface area contributed by atoms with Crippen LogP contribution in [0.25, 0.3) is 0 Å². The van der Waals surface area contributed by atoms with Gasteiger partial charge in [-0.1, -0.05) is 25.1 Å². The van der Waals surface area contributed by atoms with E-state index in [0.717, 1.165) is 32.7 Å². The van der Waals surface area contributed by atoms with Gasteiger partial charge in [0.25, 0.3) is 0 Å². The van der Waals surface area contributed by atoms with Crippen LogP contribution in [0.5, 0.6) is 0 Å². The van der Waals surface area contributed by atoms with Crippen LogP contribution in [0.3, 0.4) is 0 Å². The fraction of sp³-hybridized carbons (Fsp3) is 0.500. The van der Waals surface area contributed by atoms with Crippen LogP contribution in [0.4, 0.5) is 5.69 Å². The van der Waals surface area contributed by atoms with Crippen LogP contribution in [0.2, 0.25) is 0 Å². The summed E-state index contributed by atoms with van der Waals surface area (Å²) in [5.41, 5.74) is 2.83. The molecular formula is C12H17N3O. The van der Waals surface area contributed by atoms with Gasteiger partial charge in [-0.3, -0.25) is 0 Å². The van der Waals surface area contributed by atoms with Crippen LogP contribution in [-0.4, -0.2) is 26.3 Å². The third-order valence-electron chi connectivity index (χ3n) is 2.72. The van der Waals surface area contributed by atoms with Crippen LogP contribution in [0.1, 0.15) is 12.5 Å². The fourth-order valence-electron chi connectivity index (χ4n) is 1.92. The molecule has 1 aliphatic heterocycles. The van der Waals surface area contributed by atoms with E-state index in [4.69, 9.17) is 15.5 Å². The van der Waals surface area contributed by atoms with Crippen molar-refractivity contribution in [3.05, 3.63) is 29.8 Å². The number of ether oxygens (including phenoxy) is 1. The van der Waals surface area contributed by atoms with Gasteiger partial charge >= 0.3 is 0 Å². The molecule has 1 aromatic carbocycles. The number of anilines is 1. The molecule has 0 radical (unpaired) electrons. The number of aryl methyl sites for hydroxylation is 1. The lowest BCUT2D eigenvalue weighted by molar-refractivity contribution is 0.122. The topological polar surface area (TPSA) is 60.0 Å². The second-order valence-electron chi connectivity index (χ2n) is 3.58. The highest BCUT2D eigenvalue weighted by molar-refractivity contribution is 5.53. The maximum Gasteiger partial charge on any atom is 0.0642 e. The SMILES string of the molecule is CCc1ccccc1N1CCOCC1.N#N. The number of hydrogen-bond acceptors (Lipinski definition) is 4. The van der Waals surface area contributed by atoms with E-state index < -0.39 is 0 Å². The van der Waals surface area contributed by atoms with Gasteiger partial charge in [-0.05, 0) is 18.1 Å². The summed E-state index contributed by atoms with van der Waals surface area (Å²) in [5.74, 6) is 0. The lowest BCUT2D eigenvalue weighted by atomic mass is 10.1. The molecule has 0 N–H and O–H groups in total. The Morgan fingerprint density at radius 2 is 1.81 bits per heavy atom. The highest BCUT2D eigenvalue weighted by Crippen LogP contribution is 2.21. The number of rotatable bonds is 2. The van der Waals surface area contributed by atoms with Gasteiger partial charge in [0.1, 0.15) is 0 Å². The zero-order chi connectivity index (χ0) is 11.8. The van der Waals surface area contributed by atoms with Gasteiger partial charge in [0.2, 0.25) is 0 Å². The van der Waals surface area contributed by atoms with E-state index in [-0.39, 0.29) is 0 Å². The fourth-order valence-corrected chi connectivity index (χ4v) is 1.92. The van der Waals surface area contributed by atoms with Crippen molar-refractivity contribution in [1.29, 1.82) is 10.8 Å². The van der Waals surface area contributed by atoms with E-state index in [2.05, 4.69) is 36.1 Å². The minimum absolute atomic E-state index is 0.859. The predicted octanol–water partition coefficient (Wildman–Crippen LogP) is 2.12. The van der Waals surface area contributed by atoms with Crippen LogP contribution >= 0.6 is 0 Å². The van der Waals surface area contributed by atoms with E-state index >= 15 is 0 Å². The van der Waals surface area contributed by atoms with E-state index in [1.54, 1.807) is 0 Å². The molecule has 0 unspecified atom stereocenters. The third-order valence-corrected chi connectivity index (χ3v) is 2.72. The molecule has 1 aromatic rings. The Balaban J connectivity index is 0.000000606. The molecule has 0 bridgehead atoms. The summed E-state index contributed by atoms with van der Waals surface area (Å²) in [6, 6.07) is 8.65. The molecule has 0 aliphatic carbocycles. The molecule has 0 amide bonds. The second-order valence-corrected chi connectivity index (χ2v) is 3.58. The van der Waals surface area contributed by atoms with Crippen molar-refractivity contribution in [2.45, 2.75) is 13.3 Å². The van der Waals surface area contributed by atoms with Crippen molar-refractivity contribution < 1.29 is 4.74 Å². The van der Waals surface area contributed by atoms with Crippen molar-refractivity contribution in [1.82, 2.24) is 0 Å². The number of morpholine rings is 1. The van der Waals surface area contributed by atoms with Crippen molar-refractivity contribution >= 4 is 5.69 Å². The standard InChI is InChI=1S/C12H17NO.N2/c1-2-11-5-3-4-6-12(11)13-7-9-14-10-8-13;1-2/h3-6H,2,7-10H2,1H3;. The highest BCUT2D eigenvalue weighted by atomic mass is 16.5. The molecule has 86 valence electrons. The van der Waals surface area contributed by atoms with Crippen molar-refractivity contribution in [2.75, 3.05) is 31.2 Å². The van der Waals surface area contributed by atoms with Gasteiger partial charge in [-0.25, -0.2) is 0 Å². The Morgan fingerprint density at radius 1 is 1.19 bits per heavy atom. The van der Waals surface area contributed by atoms with Gasteiger partial charge in [0.05, 0.1) is 13.2 Å². The van der Waals surface area contributed by atoms with E-state index in [9.17, 15) is 0 Å². The third kappa shape index (κ3) is 2.94. The minimum Gasteiger partial charge on any atom is -0.378 e. The molecule has 1 heterocycles. The quantitative estimate of drug-likeness (QED) is 0.715. The summed E-state index contributed by atoms with van der Waals surface area (Å²) in [7, 11) is 0. The van der Waals surface area contributed by atoms with Gasteiger partial charge < -0.3 is 9.64 Å². The van der Waals surface area contributed by atoms with E-state index in [0.29, 0.717) is 0 Å². The molecular weight excluding hydrogens is 202 g/mol. The van der Waals surface area contributed by atoms with Gasteiger partial charge in [-0.2, -0.15) is 0 Å². The molecule has 0 spiro atoms. The maximum absolute atomic E-state index is 6.00. The van der Waals surface area contributed by atoms with Crippen molar-refractivity contribution in [2.24, 2.45) is 0 Å². The minimum atomic E-state index is 0.859. The van der Waals surface area contributed by atoms with Gasteiger partial charge in [-0.15, -0.1) is 0 Å². The first kappa shape index (κ1) is 12.5. The summed E-state index contributed by atoms with van der Waals surface area (Å²) in [5, 5.41) is 12.0. The molecule has 1 fully saturated rings. The molecule has 0 saturated carbocycles. The van der Waals surface area contributed by atoms with Crippen LogP contribution in [-0.2, 0) is 11.2 Å². The molecule has 4 nitrogen and oxygen atoms in total. The number of hydrogen-bond donors (Lipinski definition) is 0. The highest BCUT2D eigenvalue weighted by Gasteiger charge is 2.12. The van der Waals surface area contributed by atoms with E-state index in [1.165, 1.54) is 11.3 Å². The van der Waals surface area contributed by atoms with Gasteiger partial charge in [0, 0.05) is 29.6 Å². The van der Waals surface area contributed by atoms with Crippen LogP contribution in [0, 0.1) is 10.8 Å². The first-order valence-corrected chi connectivity index (χ1v) is 5.52. The molecule has 0 atom stereocenters. The second kappa shape index (κ2) is 6.81. The first-order chi connectivity index (χ1) is 7.92. The summed E-state index contributed by atoms with van der Waals surface area (Å²) < 4.78 is 5.35. The lowest BCUT2D eigenvalue weighted by Gasteiger charge is -2.30. The Kier molecular flexibility index (Phi) is 5.30. The summed E-state index contributed by atoms with van der Waals surface area (Å²) in [6.07, 6.45) is 1.10. The largest absolute Gasteiger partial charge is 0.378 e. The zero-order valence-corrected chi connectivity index (χ0v) is 9.59. The van der Waals surface area contributed by atoms with Crippen molar-refractivity contribution in [3.8, 4) is 0 Å². The lowest BCUT2D eigenvalue weighted by Crippen LogP contribution is -2.36. The smallest absolute Gasteiger partial charge is 0.0642 e. The first-order valence-electron chi connectivity index (χ1n) is 5.52. The normalized spacial score (nSPS) is 15.1. The summed E-state index contributed by atoms with van der Waals surface area (Å²) in [4.78, 5) is 2.42. The Hall–Kier alpha value is -1.60. The summed E-state index contributed by atoms with van der Waals surface area (Å²) >= 11 is 0. The zero-order valence-electron chi connectivity index (χ0n) is 9.59. The number of benzene rings is 1. The molecule has 4 heteroatoms. The number of nitrogens with zero attached hydrogens (tertiary/aromatic N) is 3. The van der Waals surface area contributed by atoms with Gasteiger partial charge in [0.15, 0.2) is 0 Å².